The van der Waals surface area contributed by atoms with Crippen LogP contribution in [-0.2, 0) is 9.59 Å². The fourth-order valence-corrected chi connectivity index (χ4v) is 0.825. The lowest BCUT2D eigenvalue weighted by molar-refractivity contribution is -0.159. The minimum absolute atomic E-state index is 0.278. The average Bonchev–Trinajstić information content (AvgIpc) is 2.82. The van der Waals surface area contributed by atoms with Crippen LogP contribution in [0, 0.1) is 0 Å². The van der Waals surface area contributed by atoms with Crippen LogP contribution in [0.4, 0.5) is 0 Å². The van der Waals surface area contributed by atoms with E-state index in [9.17, 15) is 5.11 Å². The summed E-state index contributed by atoms with van der Waals surface area (Å²) in [5.74, 6) is -3.65. The van der Waals surface area contributed by atoms with Gasteiger partial charge in [-0.15, -0.1) is 0 Å². The predicted octanol–water partition coefficient (Wildman–Crippen LogP) is -0.594. The quantitative estimate of drug-likeness (QED) is 0.457. The van der Waals surface area contributed by atoms with Crippen LogP contribution in [0.15, 0.2) is 0 Å². The largest absolute Gasteiger partial charge is 0.473 e. The standard InChI is InChI=1S/C6H13NO.C2H2O4/c7-5-1-2-6(8)3-4-6;3-1(4)2(5)6/h8H,1-5,7H2;(H,3,4)(H,5,6). The van der Waals surface area contributed by atoms with E-state index >= 15 is 0 Å². The summed E-state index contributed by atoms with van der Waals surface area (Å²) >= 11 is 0. The predicted molar refractivity (Wildman–Crippen MR) is 47.7 cm³/mol. The first-order valence-electron chi connectivity index (χ1n) is 4.30. The van der Waals surface area contributed by atoms with Gasteiger partial charge in [-0.05, 0) is 32.2 Å². The zero-order valence-electron chi connectivity index (χ0n) is 7.77. The molecule has 5 N–H and O–H groups in total. The number of hydrogen-bond donors (Lipinski definition) is 4. The maximum absolute atomic E-state index is 9.20. The summed E-state index contributed by atoms with van der Waals surface area (Å²) in [7, 11) is 0. The summed E-state index contributed by atoms with van der Waals surface area (Å²) in [6.45, 7) is 0.711. The number of aliphatic hydroxyl groups is 1. The van der Waals surface area contributed by atoms with E-state index in [2.05, 4.69) is 0 Å². The highest BCUT2D eigenvalue weighted by Gasteiger charge is 2.38. The van der Waals surface area contributed by atoms with Gasteiger partial charge < -0.3 is 21.1 Å². The highest BCUT2D eigenvalue weighted by atomic mass is 16.4. The average molecular weight is 205 g/mol. The van der Waals surface area contributed by atoms with E-state index in [1.165, 1.54) is 0 Å². The van der Waals surface area contributed by atoms with E-state index in [1.54, 1.807) is 0 Å². The van der Waals surface area contributed by atoms with Crippen molar-refractivity contribution in [3.05, 3.63) is 0 Å². The van der Waals surface area contributed by atoms with Crippen LogP contribution >= 0.6 is 0 Å². The Morgan fingerprint density at radius 3 is 1.86 bits per heavy atom. The first-order valence-corrected chi connectivity index (χ1v) is 4.30. The van der Waals surface area contributed by atoms with Gasteiger partial charge in [0.15, 0.2) is 0 Å². The van der Waals surface area contributed by atoms with Gasteiger partial charge in [0.2, 0.25) is 0 Å². The Hall–Kier alpha value is -1.14. The summed E-state index contributed by atoms with van der Waals surface area (Å²) in [6, 6.07) is 0. The smallest absolute Gasteiger partial charge is 0.414 e. The van der Waals surface area contributed by atoms with Crippen molar-refractivity contribution in [1.29, 1.82) is 0 Å². The summed E-state index contributed by atoms with van der Waals surface area (Å²) in [5, 5.41) is 24.0. The second kappa shape index (κ2) is 5.56. The Morgan fingerprint density at radius 2 is 1.64 bits per heavy atom. The summed E-state index contributed by atoms with van der Waals surface area (Å²) in [6.07, 6.45) is 3.86. The van der Waals surface area contributed by atoms with Crippen molar-refractivity contribution < 1.29 is 24.9 Å². The van der Waals surface area contributed by atoms with Crippen molar-refractivity contribution in [2.24, 2.45) is 5.73 Å². The van der Waals surface area contributed by atoms with Crippen molar-refractivity contribution in [1.82, 2.24) is 0 Å². The molecule has 1 aliphatic rings. The molecule has 0 aromatic heterocycles. The zero-order valence-corrected chi connectivity index (χ0v) is 7.77. The number of hydrogen-bond acceptors (Lipinski definition) is 4. The first-order chi connectivity index (χ1) is 6.41. The summed E-state index contributed by atoms with van der Waals surface area (Å²) < 4.78 is 0. The number of rotatable bonds is 3. The van der Waals surface area contributed by atoms with Crippen LogP contribution in [0.1, 0.15) is 25.7 Å². The fourth-order valence-electron chi connectivity index (χ4n) is 0.825. The molecule has 1 fully saturated rings. The number of aliphatic carboxylic acids is 2. The molecule has 6 heteroatoms. The maximum atomic E-state index is 9.20. The third-order valence-corrected chi connectivity index (χ3v) is 1.86. The van der Waals surface area contributed by atoms with Gasteiger partial charge in [0, 0.05) is 0 Å². The molecule has 0 aromatic carbocycles. The normalized spacial score (nSPS) is 16.4. The molecule has 0 radical (unpaired) electrons. The van der Waals surface area contributed by atoms with E-state index in [0.29, 0.717) is 6.54 Å². The lowest BCUT2D eigenvalue weighted by Gasteiger charge is -2.03. The van der Waals surface area contributed by atoms with Crippen LogP contribution in [0.25, 0.3) is 0 Å². The molecule has 0 spiro atoms. The number of carboxylic acids is 2. The van der Waals surface area contributed by atoms with Crippen LogP contribution in [0.2, 0.25) is 0 Å². The molecule has 1 saturated carbocycles. The molecular formula is C8H15NO5. The highest BCUT2D eigenvalue weighted by Crippen LogP contribution is 2.38. The van der Waals surface area contributed by atoms with Crippen LogP contribution in [0.5, 0.6) is 0 Å². The molecule has 82 valence electrons. The molecule has 0 saturated heterocycles. The molecule has 1 aliphatic carbocycles. The maximum Gasteiger partial charge on any atom is 0.414 e. The van der Waals surface area contributed by atoms with E-state index in [4.69, 9.17) is 25.5 Å². The Labute approximate surface area is 81.3 Å². The van der Waals surface area contributed by atoms with Gasteiger partial charge in [0.1, 0.15) is 0 Å². The third kappa shape index (κ3) is 6.38. The number of nitrogens with two attached hydrogens (primary N) is 1. The Bertz CT molecular complexity index is 200. The van der Waals surface area contributed by atoms with Crippen LogP contribution in [0.3, 0.4) is 0 Å². The molecule has 0 heterocycles. The van der Waals surface area contributed by atoms with Crippen molar-refractivity contribution in [2.75, 3.05) is 6.54 Å². The van der Waals surface area contributed by atoms with Crippen LogP contribution in [-0.4, -0.2) is 39.4 Å². The Balaban J connectivity index is 0.000000255. The fraction of sp³-hybridized carbons (Fsp3) is 0.750. The molecule has 0 unspecified atom stereocenters. The van der Waals surface area contributed by atoms with Crippen LogP contribution < -0.4 is 5.73 Å². The van der Waals surface area contributed by atoms with Gasteiger partial charge in [0.05, 0.1) is 5.60 Å². The summed E-state index contributed by atoms with van der Waals surface area (Å²) in [4.78, 5) is 18.2. The van der Waals surface area contributed by atoms with E-state index in [0.717, 1.165) is 25.7 Å². The topological polar surface area (TPSA) is 121 Å². The molecule has 0 amide bonds. The van der Waals surface area contributed by atoms with Gasteiger partial charge in [-0.1, -0.05) is 0 Å². The zero-order chi connectivity index (χ0) is 11.2. The minimum atomic E-state index is -1.82. The van der Waals surface area contributed by atoms with Crippen molar-refractivity contribution >= 4 is 11.9 Å². The minimum Gasteiger partial charge on any atom is -0.473 e. The Kier molecular flexibility index (Phi) is 5.11. The van der Waals surface area contributed by atoms with E-state index < -0.39 is 11.9 Å². The lowest BCUT2D eigenvalue weighted by atomic mass is 10.2. The highest BCUT2D eigenvalue weighted by molar-refractivity contribution is 6.27. The lowest BCUT2D eigenvalue weighted by Crippen LogP contribution is -2.09. The molecule has 0 bridgehead atoms. The number of carbonyl (C=O) groups is 2. The SMILES string of the molecule is NCCCC1(O)CC1.O=C(O)C(=O)O. The molecule has 1 rings (SSSR count). The molecule has 6 nitrogen and oxygen atoms in total. The van der Waals surface area contributed by atoms with Crippen molar-refractivity contribution in [3.63, 3.8) is 0 Å². The van der Waals surface area contributed by atoms with E-state index in [1.807, 2.05) is 0 Å². The van der Waals surface area contributed by atoms with Gasteiger partial charge in [0.25, 0.3) is 0 Å². The Morgan fingerprint density at radius 1 is 1.21 bits per heavy atom. The molecule has 0 aliphatic heterocycles. The van der Waals surface area contributed by atoms with Gasteiger partial charge in [-0.2, -0.15) is 0 Å². The second-order valence-corrected chi connectivity index (χ2v) is 3.23. The molecule has 0 aromatic rings. The van der Waals surface area contributed by atoms with Gasteiger partial charge >= 0.3 is 11.9 Å². The summed E-state index contributed by atoms with van der Waals surface area (Å²) in [5.41, 5.74) is 4.97. The molecule has 0 atom stereocenters. The van der Waals surface area contributed by atoms with Crippen molar-refractivity contribution in [2.45, 2.75) is 31.3 Å². The number of carboxylic acid groups (broad SMARTS) is 2. The van der Waals surface area contributed by atoms with Gasteiger partial charge in [-0.25, -0.2) is 9.59 Å². The van der Waals surface area contributed by atoms with Crippen molar-refractivity contribution in [3.8, 4) is 0 Å². The molecule has 14 heavy (non-hydrogen) atoms. The first kappa shape index (κ1) is 12.9. The van der Waals surface area contributed by atoms with Gasteiger partial charge in [-0.3, -0.25) is 0 Å². The third-order valence-electron chi connectivity index (χ3n) is 1.86. The van der Waals surface area contributed by atoms with E-state index in [-0.39, 0.29) is 5.60 Å². The second-order valence-electron chi connectivity index (χ2n) is 3.23. The monoisotopic (exact) mass is 205 g/mol. The molecular weight excluding hydrogens is 190 g/mol.